The number of carbonyl (C=O) groups excluding carboxylic acids is 1. The molecule has 0 fully saturated rings. The number of imidazole rings is 1. The topological polar surface area (TPSA) is 120 Å². The predicted molar refractivity (Wildman–Crippen MR) is 89.0 cm³/mol. The lowest BCUT2D eigenvalue weighted by Crippen LogP contribution is -2.28. The maximum Gasteiger partial charge on any atom is 0.337 e. The minimum absolute atomic E-state index is 0.119. The van der Waals surface area contributed by atoms with E-state index in [2.05, 4.69) is 25.6 Å². The number of anilines is 1. The van der Waals surface area contributed by atoms with Crippen molar-refractivity contribution in [1.82, 2.24) is 20.3 Å². The molecule has 122 valence electrons. The van der Waals surface area contributed by atoms with Crippen molar-refractivity contribution in [2.24, 2.45) is 0 Å². The summed E-state index contributed by atoms with van der Waals surface area (Å²) in [6, 6.07) is 6.66. The lowest BCUT2D eigenvalue weighted by Gasteiger charge is -2.02. The van der Waals surface area contributed by atoms with E-state index in [1.807, 2.05) is 19.1 Å². The van der Waals surface area contributed by atoms with Crippen LogP contribution in [0.15, 0.2) is 36.7 Å². The van der Waals surface area contributed by atoms with Gasteiger partial charge in [-0.1, -0.05) is 6.07 Å². The zero-order valence-corrected chi connectivity index (χ0v) is 12.8. The molecule has 4 N–H and O–H groups in total. The van der Waals surface area contributed by atoms with Gasteiger partial charge in [-0.25, -0.2) is 14.6 Å². The molecular formula is C16H15N5O3. The van der Waals surface area contributed by atoms with Gasteiger partial charge < -0.3 is 15.4 Å². The fraction of sp³-hybridized carbons (Fsp3) is 0.125. The first-order chi connectivity index (χ1) is 11.6. The number of amides is 2. The highest BCUT2D eigenvalue weighted by Crippen LogP contribution is 2.24. The van der Waals surface area contributed by atoms with Crippen molar-refractivity contribution in [3.8, 4) is 11.1 Å². The van der Waals surface area contributed by atoms with Crippen LogP contribution < -0.4 is 10.6 Å². The molecule has 0 saturated heterocycles. The quantitative estimate of drug-likeness (QED) is 0.587. The molecule has 24 heavy (non-hydrogen) atoms. The maximum atomic E-state index is 11.5. The SMILES string of the molecule is CCNC(=O)Nc1nc2cc(-c3cncc(C(=O)O)c3)ccc2[nH]1. The maximum absolute atomic E-state index is 11.5. The number of hydrogen-bond acceptors (Lipinski definition) is 4. The second kappa shape index (κ2) is 6.37. The molecule has 0 spiro atoms. The van der Waals surface area contributed by atoms with E-state index >= 15 is 0 Å². The van der Waals surface area contributed by atoms with Gasteiger partial charge in [-0.2, -0.15) is 0 Å². The Morgan fingerprint density at radius 2 is 2.04 bits per heavy atom. The number of aromatic nitrogens is 3. The van der Waals surface area contributed by atoms with E-state index in [1.165, 1.54) is 6.20 Å². The average Bonchev–Trinajstić information content (AvgIpc) is 2.96. The number of fused-ring (bicyclic) bond motifs is 1. The Hall–Kier alpha value is -3.42. The van der Waals surface area contributed by atoms with Crippen LogP contribution in [0, 0.1) is 0 Å². The van der Waals surface area contributed by atoms with E-state index < -0.39 is 5.97 Å². The average molecular weight is 325 g/mol. The monoisotopic (exact) mass is 325 g/mol. The molecule has 0 atom stereocenters. The Labute approximate surface area is 136 Å². The number of benzene rings is 1. The van der Waals surface area contributed by atoms with E-state index in [0.29, 0.717) is 23.6 Å². The van der Waals surface area contributed by atoms with Crippen LogP contribution in [0.3, 0.4) is 0 Å². The molecular weight excluding hydrogens is 310 g/mol. The van der Waals surface area contributed by atoms with Gasteiger partial charge in [0.1, 0.15) is 0 Å². The molecule has 0 aliphatic carbocycles. The normalized spacial score (nSPS) is 10.5. The summed E-state index contributed by atoms with van der Waals surface area (Å²) >= 11 is 0. The highest BCUT2D eigenvalue weighted by atomic mass is 16.4. The number of nitrogens with one attached hydrogen (secondary N) is 3. The summed E-state index contributed by atoms with van der Waals surface area (Å²) in [6.45, 7) is 2.34. The third-order valence-corrected chi connectivity index (χ3v) is 3.37. The first-order valence-electron chi connectivity index (χ1n) is 7.30. The number of aromatic amines is 1. The molecule has 0 radical (unpaired) electrons. The molecule has 2 aromatic heterocycles. The first-order valence-corrected chi connectivity index (χ1v) is 7.30. The molecule has 2 amide bonds. The Kier molecular flexibility index (Phi) is 4.11. The molecule has 0 unspecified atom stereocenters. The van der Waals surface area contributed by atoms with Gasteiger partial charge in [-0.15, -0.1) is 0 Å². The Morgan fingerprint density at radius 3 is 2.79 bits per heavy atom. The number of carboxylic acid groups (broad SMARTS) is 1. The van der Waals surface area contributed by atoms with Crippen LogP contribution in [-0.4, -0.2) is 38.6 Å². The molecule has 0 aliphatic heterocycles. The predicted octanol–water partition coefficient (Wildman–Crippen LogP) is 2.46. The van der Waals surface area contributed by atoms with E-state index in [0.717, 1.165) is 11.1 Å². The molecule has 8 heteroatoms. The van der Waals surface area contributed by atoms with Gasteiger partial charge in [0.25, 0.3) is 0 Å². The summed E-state index contributed by atoms with van der Waals surface area (Å²) in [6.07, 6.45) is 2.89. The molecule has 2 heterocycles. The summed E-state index contributed by atoms with van der Waals surface area (Å²) < 4.78 is 0. The third-order valence-electron chi connectivity index (χ3n) is 3.37. The fourth-order valence-electron chi connectivity index (χ4n) is 2.27. The Morgan fingerprint density at radius 1 is 1.21 bits per heavy atom. The molecule has 1 aromatic carbocycles. The van der Waals surface area contributed by atoms with Crippen molar-refractivity contribution < 1.29 is 14.7 Å². The lowest BCUT2D eigenvalue weighted by molar-refractivity contribution is 0.0696. The summed E-state index contributed by atoms with van der Waals surface area (Å²) in [5, 5.41) is 14.3. The van der Waals surface area contributed by atoms with Crippen molar-refractivity contribution in [1.29, 1.82) is 0 Å². The summed E-state index contributed by atoms with van der Waals surface area (Å²) in [5.41, 5.74) is 2.99. The van der Waals surface area contributed by atoms with Crippen LogP contribution in [0.4, 0.5) is 10.7 Å². The number of pyridine rings is 1. The lowest BCUT2D eigenvalue weighted by atomic mass is 10.1. The van der Waals surface area contributed by atoms with Crippen LogP contribution in [0.1, 0.15) is 17.3 Å². The summed E-state index contributed by atoms with van der Waals surface area (Å²) in [7, 11) is 0. The van der Waals surface area contributed by atoms with Crippen LogP contribution in [0.2, 0.25) is 0 Å². The van der Waals surface area contributed by atoms with Gasteiger partial charge in [0.2, 0.25) is 5.95 Å². The van der Waals surface area contributed by atoms with Crippen LogP contribution in [0.25, 0.3) is 22.2 Å². The Bertz CT molecular complexity index is 919. The number of urea groups is 1. The zero-order chi connectivity index (χ0) is 17.1. The Balaban J connectivity index is 1.92. The minimum atomic E-state index is -1.03. The van der Waals surface area contributed by atoms with Gasteiger partial charge in [-0.05, 0) is 30.7 Å². The number of rotatable bonds is 4. The van der Waals surface area contributed by atoms with Gasteiger partial charge in [-0.3, -0.25) is 10.3 Å². The molecule has 0 saturated carbocycles. The standard InChI is InChI=1S/C16H15N5O3/c1-2-18-16(24)21-15-19-12-4-3-9(6-13(12)20-15)10-5-11(14(22)23)8-17-7-10/h3-8H,2H2,1H3,(H,22,23)(H3,18,19,20,21,24). The molecule has 3 aromatic rings. The fourth-order valence-corrected chi connectivity index (χ4v) is 2.27. The number of nitrogens with zero attached hydrogens (tertiary/aromatic N) is 2. The number of carboxylic acids is 1. The second-order valence-electron chi connectivity index (χ2n) is 5.07. The van der Waals surface area contributed by atoms with Crippen LogP contribution in [0.5, 0.6) is 0 Å². The summed E-state index contributed by atoms with van der Waals surface area (Å²) in [4.78, 5) is 33.9. The van der Waals surface area contributed by atoms with Crippen molar-refractivity contribution in [2.75, 3.05) is 11.9 Å². The van der Waals surface area contributed by atoms with Crippen molar-refractivity contribution in [3.63, 3.8) is 0 Å². The molecule has 8 nitrogen and oxygen atoms in total. The molecule has 0 bridgehead atoms. The molecule has 0 aliphatic rings. The van der Waals surface area contributed by atoms with Gasteiger partial charge in [0.15, 0.2) is 0 Å². The van der Waals surface area contributed by atoms with E-state index in [1.54, 1.807) is 18.3 Å². The highest BCUT2D eigenvalue weighted by molar-refractivity contribution is 5.92. The van der Waals surface area contributed by atoms with Crippen molar-refractivity contribution >= 4 is 29.0 Å². The number of H-pyrrole nitrogens is 1. The first kappa shape index (κ1) is 15.5. The van der Waals surface area contributed by atoms with E-state index in [4.69, 9.17) is 5.11 Å². The largest absolute Gasteiger partial charge is 0.478 e. The number of hydrogen-bond donors (Lipinski definition) is 4. The zero-order valence-electron chi connectivity index (χ0n) is 12.8. The van der Waals surface area contributed by atoms with Crippen molar-refractivity contribution in [3.05, 3.63) is 42.2 Å². The van der Waals surface area contributed by atoms with Crippen LogP contribution in [-0.2, 0) is 0 Å². The van der Waals surface area contributed by atoms with Crippen molar-refractivity contribution in [2.45, 2.75) is 6.92 Å². The third kappa shape index (κ3) is 3.17. The number of carbonyl (C=O) groups is 2. The van der Waals surface area contributed by atoms with Gasteiger partial charge in [0, 0.05) is 24.5 Å². The van der Waals surface area contributed by atoms with E-state index in [9.17, 15) is 9.59 Å². The minimum Gasteiger partial charge on any atom is -0.478 e. The smallest absolute Gasteiger partial charge is 0.337 e. The highest BCUT2D eigenvalue weighted by Gasteiger charge is 2.09. The summed E-state index contributed by atoms with van der Waals surface area (Å²) in [5.74, 6) is -0.691. The van der Waals surface area contributed by atoms with Gasteiger partial charge >= 0.3 is 12.0 Å². The van der Waals surface area contributed by atoms with E-state index in [-0.39, 0.29) is 11.6 Å². The van der Waals surface area contributed by atoms with Gasteiger partial charge in [0.05, 0.1) is 16.6 Å². The van der Waals surface area contributed by atoms with Crippen LogP contribution >= 0.6 is 0 Å². The molecule has 3 rings (SSSR count). The second-order valence-corrected chi connectivity index (χ2v) is 5.07. The number of aromatic carboxylic acids is 1.